The molecule has 0 bridgehead atoms. The van der Waals surface area contributed by atoms with E-state index < -0.39 is 0 Å². The van der Waals surface area contributed by atoms with Gasteiger partial charge in [-0.15, -0.1) is 0 Å². The molecule has 0 unspecified atom stereocenters. The smallest absolute Gasteiger partial charge is 0.0509 e. The van der Waals surface area contributed by atoms with E-state index in [1.54, 1.807) is 7.05 Å². The summed E-state index contributed by atoms with van der Waals surface area (Å²) in [7, 11) is 7.66. The normalized spacial score (nSPS) is 11.3. The van der Waals surface area contributed by atoms with Crippen molar-refractivity contribution in [2.45, 2.75) is 0 Å². The van der Waals surface area contributed by atoms with Crippen LogP contribution in [0, 0.1) is 0 Å². The molecule has 0 radical (unpaired) electrons. The molecule has 0 amide bonds. The minimum Gasteiger partial charge on any atom is -0.308 e. The first-order valence-electron chi connectivity index (χ1n) is 3.32. The van der Waals surface area contributed by atoms with Crippen molar-refractivity contribution < 1.29 is 0 Å². The van der Waals surface area contributed by atoms with Gasteiger partial charge in [-0.1, -0.05) is 5.22 Å². The summed E-state index contributed by atoms with van der Waals surface area (Å²) in [6.45, 7) is 1.93. The highest BCUT2D eigenvalue weighted by Gasteiger charge is 1.92. The van der Waals surface area contributed by atoms with Gasteiger partial charge in [-0.2, -0.15) is 5.11 Å². The maximum atomic E-state index is 3.83. The number of hydrogen-bond acceptors (Lipinski definition) is 3. The summed E-state index contributed by atoms with van der Waals surface area (Å²) < 4.78 is 0. The van der Waals surface area contributed by atoms with Crippen LogP contribution in [0.15, 0.2) is 10.3 Å². The van der Waals surface area contributed by atoms with Crippen molar-refractivity contribution in [1.82, 2.24) is 9.91 Å². The SMILES string of the molecule is CN=NN(C)CCN(C)C. The highest BCUT2D eigenvalue weighted by molar-refractivity contribution is 4.46. The summed E-state index contributed by atoms with van der Waals surface area (Å²) in [4.78, 5) is 2.11. The third-order valence-electron chi connectivity index (χ3n) is 1.11. The van der Waals surface area contributed by atoms with E-state index in [1.807, 2.05) is 26.2 Å². The summed E-state index contributed by atoms with van der Waals surface area (Å²) in [5, 5.41) is 9.29. The monoisotopic (exact) mass is 144 g/mol. The largest absolute Gasteiger partial charge is 0.308 e. The van der Waals surface area contributed by atoms with Gasteiger partial charge >= 0.3 is 0 Å². The van der Waals surface area contributed by atoms with Crippen LogP contribution < -0.4 is 0 Å². The predicted molar refractivity (Wildman–Crippen MR) is 42.0 cm³/mol. The van der Waals surface area contributed by atoms with Gasteiger partial charge in [0.1, 0.15) is 0 Å². The Hall–Kier alpha value is -0.640. The molecule has 0 aliphatic rings. The van der Waals surface area contributed by atoms with E-state index in [4.69, 9.17) is 0 Å². The lowest BCUT2D eigenvalue weighted by molar-refractivity contribution is 0.278. The molecular formula is C6H16N4. The molecular weight excluding hydrogens is 128 g/mol. The Morgan fingerprint density at radius 2 is 1.70 bits per heavy atom. The molecule has 0 atom stereocenters. The molecule has 60 valence electrons. The van der Waals surface area contributed by atoms with Crippen molar-refractivity contribution in [1.29, 1.82) is 0 Å². The summed E-state index contributed by atoms with van der Waals surface area (Å²) in [6.07, 6.45) is 0. The molecule has 0 aromatic carbocycles. The fourth-order valence-corrected chi connectivity index (χ4v) is 0.542. The number of likely N-dealkylation sites (N-methyl/N-ethyl adjacent to an activating group) is 2. The van der Waals surface area contributed by atoms with E-state index in [1.165, 1.54) is 0 Å². The molecule has 0 saturated heterocycles. The molecule has 0 aliphatic heterocycles. The molecule has 0 aromatic rings. The van der Waals surface area contributed by atoms with Gasteiger partial charge in [-0.25, -0.2) is 0 Å². The first kappa shape index (κ1) is 9.36. The van der Waals surface area contributed by atoms with Gasteiger partial charge in [-0.05, 0) is 14.1 Å². The van der Waals surface area contributed by atoms with Crippen molar-refractivity contribution >= 4 is 0 Å². The Balaban J connectivity index is 3.30. The summed E-state index contributed by atoms with van der Waals surface area (Å²) in [5.41, 5.74) is 0. The van der Waals surface area contributed by atoms with Crippen LogP contribution in [0.5, 0.6) is 0 Å². The molecule has 10 heavy (non-hydrogen) atoms. The van der Waals surface area contributed by atoms with E-state index in [2.05, 4.69) is 15.2 Å². The van der Waals surface area contributed by atoms with Crippen molar-refractivity contribution in [3.63, 3.8) is 0 Å². The quantitative estimate of drug-likeness (QED) is 0.424. The number of hydrogen-bond donors (Lipinski definition) is 0. The summed E-state index contributed by atoms with van der Waals surface area (Å²) in [6, 6.07) is 0. The molecule has 0 saturated carbocycles. The topological polar surface area (TPSA) is 31.2 Å². The van der Waals surface area contributed by atoms with Gasteiger partial charge in [0, 0.05) is 13.6 Å². The lowest BCUT2D eigenvalue weighted by Gasteiger charge is -2.14. The molecule has 0 N–H and O–H groups in total. The molecule has 4 heteroatoms. The van der Waals surface area contributed by atoms with Crippen molar-refractivity contribution in [2.75, 3.05) is 41.3 Å². The molecule has 0 aliphatic carbocycles. The van der Waals surface area contributed by atoms with Crippen LogP contribution in [0.4, 0.5) is 0 Å². The average Bonchev–Trinajstić information content (AvgIpc) is 1.85. The Bertz CT molecular complexity index is 99.9. The second kappa shape index (κ2) is 5.17. The Kier molecular flexibility index (Phi) is 4.84. The van der Waals surface area contributed by atoms with Gasteiger partial charge in [0.2, 0.25) is 0 Å². The van der Waals surface area contributed by atoms with Gasteiger partial charge in [0.15, 0.2) is 0 Å². The fraction of sp³-hybridized carbons (Fsp3) is 1.00. The van der Waals surface area contributed by atoms with Gasteiger partial charge < -0.3 is 4.90 Å². The second-order valence-corrected chi connectivity index (χ2v) is 2.47. The zero-order valence-corrected chi connectivity index (χ0v) is 7.20. The predicted octanol–water partition coefficient (Wildman–Crippen LogP) is 0.477. The lowest BCUT2D eigenvalue weighted by Crippen LogP contribution is -2.24. The third-order valence-corrected chi connectivity index (χ3v) is 1.11. The van der Waals surface area contributed by atoms with Crippen molar-refractivity contribution in [3.05, 3.63) is 0 Å². The van der Waals surface area contributed by atoms with Gasteiger partial charge in [0.25, 0.3) is 0 Å². The van der Waals surface area contributed by atoms with E-state index in [-0.39, 0.29) is 0 Å². The van der Waals surface area contributed by atoms with E-state index in [0.717, 1.165) is 13.1 Å². The standard InChI is InChI=1S/C6H16N4/c1-7-8-10(4)6-5-9(2)3/h5-6H2,1-4H3. The highest BCUT2D eigenvalue weighted by Crippen LogP contribution is 1.84. The molecule has 0 aromatic heterocycles. The minimum atomic E-state index is 0.921. The maximum Gasteiger partial charge on any atom is 0.0509 e. The second-order valence-electron chi connectivity index (χ2n) is 2.47. The van der Waals surface area contributed by atoms with Crippen LogP contribution in [-0.2, 0) is 0 Å². The summed E-state index contributed by atoms with van der Waals surface area (Å²) in [5.74, 6) is 0. The zero-order chi connectivity index (χ0) is 7.98. The van der Waals surface area contributed by atoms with E-state index >= 15 is 0 Å². The third kappa shape index (κ3) is 5.50. The Morgan fingerprint density at radius 3 is 2.10 bits per heavy atom. The van der Waals surface area contributed by atoms with Crippen LogP contribution in [0.3, 0.4) is 0 Å². The van der Waals surface area contributed by atoms with Crippen LogP contribution in [0.25, 0.3) is 0 Å². The van der Waals surface area contributed by atoms with Crippen LogP contribution in [0.1, 0.15) is 0 Å². The average molecular weight is 144 g/mol. The van der Waals surface area contributed by atoms with E-state index in [9.17, 15) is 0 Å². The highest BCUT2D eigenvalue weighted by atomic mass is 15.5. The van der Waals surface area contributed by atoms with Crippen molar-refractivity contribution in [2.24, 2.45) is 10.3 Å². The van der Waals surface area contributed by atoms with Gasteiger partial charge in [-0.3, -0.25) is 5.01 Å². The molecule has 0 heterocycles. The van der Waals surface area contributed by atoms with Crippen molar-refractivity contribution in [3.8, 4) is 0 Å². The number of nitrogens with zero attached hydrogens (tertiary/aromatic N) is 4. The first-order valence-corrected chi connectivity index (χ1v) is 3.32. The Labute approximate surface area is 62.5 Å². The van der Waals surface area contributed by atoms with Gasteiger partial charge in [0.05, 0.1) is 13.6 Å². The zero-order valence-electron chi connectivity index (χ0n) is 7.20. The molecule has 0 spiro atoms. The number of rotatable bonds is 4. The minimum absolute atomic E-state index is 0.921. The fourth-order valence-electron chi connectivity index (χ4n) is 0.542. The maximum absolute atomic E-state index is 3.83. The summed E-state index contributed by atoms with van der Waals surface area (Å²) >= 11 is 0. The lowest BCUT2D eigenvalue weighted by atomic mass is 10.6. The van der Waals surface area contributed by atoms with Crippen LogP contribution in [0.2, 0.25) is 0 Å². The molecule has 0 rings (SSSR count). The molecule has 4 nitrogen and oxygen atoms in total. The van der Waals surface area contributed by atoms with Crippen LogP contribution in [-0.4, -0.2) is 51.2 Å². The molecule has 0 fully saturated rings. The van der Waals surface area contributed by atoms with Crippen LogP contribution >= 0.6 is 0 Å². The first-order chi connectivity index (χ1) is 4.66. The Morgan fingerprint density at radius 1 is 1.10 bits per heavy atom. The van der Waals surface area contributed by atoms with E-state index in [0.29, 0.717) is 0 Å².